The molecule has 1 aliphatic heterocycles. The summed E-state index contributed by atoms with van der Waals surface area (Å²) in [5, 5.41) is 3.26. The highest BCUT2D eigenvalue weighted by Gasteiger charge is 2.19. The quantitative estimate of drug-likeness (QED) is 0.857. The third-order valence-electron chi connectivity index (χ3n) is 2.43. The molecular weight excluding hydrogens is 230 g/mol. The minimum Gasteiger partial charge on any atom is -0.496 e. The van der Waals surface area contributed by atoms with Crippen LogP contribution in [-0.2, 0) is 0 Å². The van der Waals surface area contributed by atoms with Gasteiger partial charge < -0.3 is 10.1 Å². The van der Waals surface area contributed by atoms with E-state index in [9.17, 15) is 0 Å². The molecule has 0 saturated carbocycles. The minimum absolute atomic E-state index is 0.669. The fourth-order valence-electron chi connectivity index (χ4n) is 1.45. The van der Waals surface area contributed by atoms with Crippen molar-refractivity contribution in [3.63, 3.8) is 0 Å². The van der Waals surface area contributed by atoms with Crippen LogP contribution in [0.2, 0.25) is 0 Å². The lowest BCUT2D eigenvalue weighted by Crippen LogP contribution is -2.39. The Kier molecular flexibility index (Phi) is 2.56. The first-order chi connectivity index (χ1) is 6.31. The maximum absolute atomic E-state index is 5.24. The van der Waals surface area contributed by atoms with Gasteiger partial charge in [-0.15, -0.1) is 0 Å². The molecule has 1 aromatic rings. The summed E-state index contributed by atoms with van der Waals surface area (Å²) in [4.78, 5) is 0. The van der Waals surface area contributed by atoms with Crippen LogP contribution in [0.5, 0.6) is 5.75 Å². The lowest BCUT2D eigenvalue weighted by atomic mass is 9.94. The molecule has 2 rings (SSSR count). The second-order valence-electron chi connectivity index (χ2n) is 3.25. The molecule has 13 heavy (non-hydrogen) atoms. The Morgan fingerprint density at radius 2 is 2.23 bits per heavy atom. The summed E-state index contributed by atoms with van der Waals surface area (Å²) in [5.41, 5.74) is 1.36. The van der Waals surface area contributed by atoms with Crippen LogP contribution in [0.25, 0.3) is 0 Å². The Morgan fingerprint density at radius 1 is 1.46 bits per heavy atom. The van der Waals surface area contributed by atoms with E-state index < -0.39 is 0 Å². The molecule has 0 unspecified atom stereocenters. The molecule has 0 amide bonds. The lowest BCUT2D eigenvalue weighted by Gasteiger charge is -2.27. The summed E-state index contributed by atoms with van der Waals surface area (Å²) >= 11 is 3.44. The molecule has 1 heterocycles. The molecule has 70 valence electrons. The molecule has 0 aliphatic carbocycles. The van der Waals surface area contributed by atoms with E-state index in [1.807, 2.05) is 6.07 Å². The van der Waals surface area contributed by atoms with Crippen molar-refractivity contribution in [3.05, 3.63) is 28.2 Å². The molecule has 0 bridgehead atoms. The van der Waals surface area contributed by atoms with Crippen LogP contribution in [-0.4, -0.2) is 20.2 Å². The molecule has 0 aromatic heterocycles. The molecule has 1 N–H and O–H groups in total. The number of hydrogen-bond donors (Lipinski definition) is 1. The van der Waals surface area contributed by atoms with Crippen LogP contribution >= 0.6 is 15.9 Å². The predicted molar refractivity (Wildman–Crippen MR) is 56.3 cm³/mol. The second kappa shape index (κ2) is 3.68. The molecule has 0 radical (unpaired) electrons. The van der Waals surface area contributed by atoms with E-state index in [2.05, 4.69) is 33.4 Å². The van der Waals surface area contributed by atoms with E-state index >= 15 is 0 Å². The third-order valence-corrected chi connectivity index (χ3v) is 3.08. The molecule has 1 fully saturated rings. The molecule has 0 spiro atoms. The van der Waals surface area contributed by atoms with Gasteiger partial charge in [0.05, 0.1) is 11.6 Å². The largest absolute Gasteiger partial charge is 0.496 e. The molecular formula is C10H12BrNO. The van der Waals surface area contributed by atoms with Crippen LogP contribution in [0.3, 0.4) is 0 Å². The third kappa shape index (κ3) is 1.71. The van der Waals surface area contributed by atoms with Crippen molar-refractivity contribution in [1.29, 1.82) is 0 Å². The number of halogens is 1. The van der Waals surface area contributed by atoms with Crippen molar-refractivity contribution in [2.45, 2.75) is 5.92 Å². The lowest BCUT2D eigenvalue weighted by molar-refractivity contribution is 0.407. The molecule has 1 aliphatic rings. The molecule has 3 heteroatoms. The van der Waals surface area contributed by atoms with E-state index in [4.69, 9.17) is 4.74 Å². The van der Waals surface area contributed by atoms with Crippen LogP contribution in [0, 0.1) is 0 Å². The number of ether oxygens (including phenoxy) is 1. The summed E-state index contributed by atoms with van der Waals surface area (Å²) in [6.45, 7) is 2.18. The normalized spacial score (nSPS) is 16.8. The summed E-state index contributed by atoms with van der Waals surface area (Å²) in [7, 11) is 1.70. The topological polar surface area (TPSA) is 21.3 Å². The average molecular weight is 242 g/mol. The van der Waals surface area contributed by atoms with Crippen molar-refractivity contribution >= 4 is 15.9 Å². The zero-order valence-corrected chi connectivity index (χ0v) is 9.10. The van der Waals surface area contributed by atoms with Gasteiger partial charge in [-0.05, 0) is 33.6 Å². The van der Waals surface area contributed by atoms with Crippen molar-refractivity contribution < 1.29 is 4.74 Å². The van der Waals surface area contributed by atoms with Crippen molar-refractivity contribution in [2.75, 3.05) is 20.2 Å². The van der Waals surface area contributed by atoms with Gasteiger partial charge in [-0.1, -0.05) is 6.07 Å². The van der Waals surface area contributed by atoms with Crippen LogP contribution < -0.4 is 10.1 Å². The predicted octanol–water partition coefficient (Wildman–Crippen LogP) is 2.14. The molecule has 2 nitrogen and oxygen atoms in total. The molecule has 1 saturated heterocycles. The Morgan fingerprint density at radius 3 is 2.77 bits per heavy atom. The van der Waals surface area contributed by atoms with Crippen molar-refractivity contribution in [1.82, 2.24) is 5.32 Å². The van der Waals surface area contributed by atoms with Gasteiger partial charge in [0, 0.05) is 19.0 Å². The number of rotatable bonds is 2. The number of hydrogen-bond acceptors (Lipinski definition) is 2. The summed E-state index contributed by atoms with van der Waals surface area (Å²) in [5.74, 6) is 1.59. The van der Waals surface area contributed by atoms with Gasteiger partial charge in [0.15, 0.2) is 0 Å². The highest BCUT2D eigenvalue weighted by molar-refractivity contribution is 9.10. The van der Waals surface area contributed by atoms with Gasteiger partial charge in [0.2, 0.25) is 0 Å². The SMILES string of the molecule is COc1cc(C2CNC2)ccc1Br. The first kappa shape index (κ1) is 9.03. The Bertz CT molecular complexity index is 310. The van der Waals surface area contributed by atoms with E-state index in [0.29, 0.717) is 5.92 Å². The Hall–Kier alpha value is -0.540. The zero-order valence-electron chi connectivity index (χ0n) is 7.51. The van der Waals surface area contributed by atoms with Gasteiger partial charge in [-0.2, -0.15) is 0 Å². The zero-order chi connectivity index (χ0) is 9.26. The van der Waals surface area contributed by atoms with Crippen molar-refractivity contribution in [2.24, 2.45) is 0 Å². The van der Waals surface area contributed by atoms with Gasteiger partial charge in [-0.3, -0.25) is 0 Å². The summed E-state index contributed by atoms with van der Waals surface area (Å²) in [6.07, 6.45) is 0. The highest BCUT2D eigenvalue weighted by atomic mass is 79.9. The number of methoxy groups -OCH3 is 1. The summed E-state index contributed by atoms with van der Waals surface area (Å²) in [6, 6.07) is 6.31. The first-order valence-electron chi connectivity index (χ1n) is 4.35. The molecule has 0 atom stereocenters. The maximum atomic E-state index is 5.24. The van der Waals surface area contributed by atoms with Gasteiger partial charge in [0.25, 0.3) is 0 Å². The number of benzene rings is 1. The Labute approximate surface area is 86.4 Å². The van der Waals surface area contributed by atoms with Crippen LogP contribution in [0.1, 0.15) is 11.5 Å². The van der Waals surface area contributed by atoms with Gasteiger partial charge in [-0.25, -0.2) is 0 Å². The van der Waals surface area contributed by atoms with Crippen LogP contribution in [0.4, 0.5) is 0 Å². The maximum Gasteiger partial charge on any atom is 0.133 e. The van der Waals surface area contributed by atoms with E-state index in [1.165, 1.54) is 5.56 Å². The van der Waals surface area contributed by atoms with E-state index in [1.54, 1.807) is 7.11 Å². The highest BCUT2D eigenvalue weighted by Crippen LogP contribution is 2.30. The van der Waals surface area contributed by atoms with Gasteiger partial charge >= 0.3 is 0 Å². The molecule has 1 aromatic carbocycles. The number of nitrogens with one attached hydrogen (secondary N) is 1. The van der Waals surface area contributed by atoms with E-state index in [-0.39, 0.29) is 0 Å². The summed E-state index contributed by atoms with van der Waals surface area (Å²) < 4.78 is 6.26. The fraction of sp³-hybridized carbons (Fsp3) is 0.400. The second-order valence-corrected chi connectivity index (χ2v) is 4.10. The average Bonchev–Trinajstić information content (AvgIpc) is 2.05. The van der Waals surface area contributed by atoms with Crippen molar-refractivity contribution in [3.8, 4) is 5.75 Å². The minimum atomic E-state index is 0.669. The monoisotopic (exact) mass is 241 g/mol. The smallest absolute Gasteiger partial charge is 0.133 e. The Balaban J connectivity index is 2.26. The van der Waals surface area contributed by atoms with Gasteiger partial charge in [0.1, 0.15) is 5.75 Å². The first-order valence-corrected chi connectivity index (χ1v) is 5.14. The van der Waals surface area contributed by atoms with E-state index in [0.717, 1.165) is 23.3 Å². The fourth-order valence-corrected chi connectivity index (χ4v) is 1.86. The van der Waals surface area contributed by atoms with Crippen LogP contribution in [0.15, 0.2) is 22.7 Å². The standard InChI is InChI=1S/C10H12BrNO/c1-13-10-4-7(2-3-9(10)11)8-5-12-6-8/h2-4,8,12H,5-6H2,1H3.